The zero-order chi connectivity index (χ0) is 19.8. The SMILES string of the molecule is Cc1ccc(Nc2cc(N3CCCC(C)C3)c3nonc3c2[N+](=O)[O-])c(C)c1. The molecular formula is C20H23N5O3. The van der Waals surface area contributed by atoms with Crippen molar-refractivity contribution in [1.29, 1.82) is 0 Å². The molecule has 0 aliphatic carbocycles. The van der Waals surface area contributed by atoms with Gasteiger partial charge in [-0.1, -0.05) is 24.6 Å². The molecule has 1 aliphatic rings. The zero-order valence-corrected chi connectivity index (χ0v) is 16.2. The number of hydrogen-bond donors (Lipinski definition) is 1. The second-order valence-electron chi connectivity index (χ2n) is 7.65. The second kappa shape index (κ2) is 7.10. The number of nitrogens with zero attached hydrogens (tertiary/aromatic N) is 4. The Morgan fingerprint density at radius 2 is 2.00 bits per heavy atom. The summed E-state index contributed by atoms with van der Waals surface area (Å²) in [5, 5.41) is 22.9. The number of aromatic nitrogens is 2. The lowest BCUT2D eigenvalue weighted by atomic mass is 9.99. The van der Waals surface area contributed by atoms with Crippen molar-refractivity contribution in [2.24, 2.45) is 5.92 Å². The van der Waals surface area contributed by atoms with E-state index in [0.29, 0.717) is 17.1 Å². The van der Waals surface area contributed by atoms with Crippen molar-refractivity contribution in [2.45, 2.75) is 33.6 Å². The minimum absolute atomic E-state index is 0.120. The van der Waals surface area contributed by atoms with E-state index in [-0.39, 0.29) is 11.2 Å². The molecule has 1 fully saturated rings. The van der Waals surface area contributed by atoms with Gasteiger partial charge in [0.1, 0.15) is 5.69 Å². The van der Waals surface area contributed by atoms with Crippen LogP contribution < -0.4 is 10.2 Å². The third-order valence-corrected chi connectivity index (χ3v) is 5.32. The van der Waals surface area contributed by atoms with Gasteiger partial charge in [0.25, 0.3) is 0 Å². The van der Waals surface area contributed by atoms with Crippen LogP contribution in [0.2, 0.25) is 0 Å². The number of nitro benzene ring substituents is 1. The van der Waals surface area contributed by atoms with Gasteiger partial charge in [-0.2, -0.15) is 0 Å². The number of nitro groups is 1. The van der Waals surface area contributed by atoms with Crippen molar-refractivity contribution in [2.75, 3.05) is 23.3 Å². The number of piperidine rings is 1. The molecule has 1 saturated heterocycles. The summed E-state index contributed by atoms with van der Waals surface area (Å²) in [7, 11) is 0. The molecule has 2 heterocycles. The van der Waals surface area contributed by atoms with Gasteiger partial charge < -0.3 is 10.2 Å². The molecule has 8 heteroatoms. The number of hydrogen-bond acceptors (Lipinski definition) is 7. The van der Waals surface area contributed by atoms with Crippen LogP contribution in [-0.4, -0.2) is 28.3 Å². The Kier molecular flexibility index (Phi) is 4.62. The van der Waals surface area contributed by atoms with Crippen molar-refractivity contribution >= 4 is 33.8 Å². The average molecular weight is 381 g/mol. The first-order valence-corrected chi connectivity index (χ1v) is 9.47. The predicted molar refractivity (Wildman–Crippen MR) is 108 cm³/mol. The second-order valence-corrected chi connectivity index (χ2v) is 7.65. The standard InChI is InChI=1S/C20H23N5O3/c1-12-6-7-15(14(3)9-12)21-16-10-17(24-8-4-5-13(2)11-24)18-19(23-28-22-18)20(16)25(26)27/h6-7,9-10,13,21H,4-5,8,11H2,1-3H3. The molecule has 0 bridgehead atoms. The maximum atomic E-state index is 11.8. The van der Waals surface area contributed by atoms with Crippen LogP contribution in [0.4, 0.5) is 22.7 Å². The summed E-state index contributed by atoms with van der Waals surface area (Å²) in [5.74, 6) is 0.551. The van der Waals surface area contributed by atoms with Crippen molar-refractivity contribution < 1.29 is 9.55 Å². The predicted octanol–water partition coefficient (Wildman–Crippen LogP) is 4.73. The van der Waals surface area contributed by atoms with Crippen molar-refractivity contribution in [1.82, 2.24) is 10.3 Å². The Labute approximate surface area is 162 Å². The lowest BCUT2D eigenvalue weighted by Crippen LogP contribution is -2.34. The van der Waals surface area contributed by atoms with Crippen molar-refractivity contribution in [3.05, 3.63) is 45.5 Å². The highest BCUT2D eigenvalue weighted by molar-refractivity contribution is 6.00. The number of aryl methyl sites for hydroxylation is 2. The molecule has 3 aromatic rings. The molecule has 0 saturated carbocycles. The van der Waals surface area contributed by atoms with Crippen LogP contribution in [0.15, 0.2) is 28.9 Å². The van der Waals surface area contributed by atoms with Gasteiger partial charge >= 0.3 is 5.69 Å². The lowest BCUT2D eigenvalue weighted by Gasteiger charge is -2.32. The Bertz CT molecular complexity index is 1050. The van der Waals surface area contributed by atoms with Gasteiger partial charge in [0, 0.05) is 18.8 Å². The fraction of sp³-hybridized carbons (Fsp3) is 0.400. The third kappa shape index (κ3) is 3.26. The van der Waals surface area contributed by atoms with Gasteiger partial charge in [-0.25, -0.2) is 4.63 Å². The van der Waals surface area contributed by atoms with E-state index in [2.05, 4.69) is 27.5 Å². The molecule has 0 spiro atoms. The van der Waals surface area contributed by atoms with E-state index in [0.717, 1.165) is 42.0 Å². The number of benzene rings is 2. The average Bonchev–Trinajstić information content (AvgIpc) is 3.12. The molecule has 1 unspecified atom stereocenters. The van der Waals surface area contributed by atoms with Gasteiger partial charge in [-0.15, -0.1) is 0 Å². The summed E-state index contributed by atoms with van der Waals surface area (Å²) in [5.41, 5.74) is 4.68. The molecule has 28 heavy (non-hydrogen) atoms. The number of anilines is 3. The summed E-state index contributed by atoms with van der Waals surface area (Å²) < 4.78 is 4.90. The summed E-state index contributed by atoms with van der Waals surface area (Å²) >= 11 is 0. The molecule has 4 rings (SSSR count). The molecule has 0 radical (unpaired) electrons. The summed E-state index contributed by atoms with van der Waals surface area (Å²) in [6.07, 6.45) is 2.25. The maximum absolute atomic E-state index is 11.8. The molecule has 1 N–H and O–H groups in total. The summed E-state index contributed by atoms with van der Waals surface area (Å²) in [6, 6.07) is 7.76. The Hall–Kier alpha value is -3.16. The Morgan fingerprint density at radius 1 is 1.21 bits per heavy atom. The van der Waals surface area contributed by atoms with E-state index in [1.165, 1.54) is 6.42 Å². The van der Waals surface area contributed by atoms with E-state index < -0.39 is 4.92 Å². The Balaban J connectivity index is 1.86. The van der Waals surface area contributed by atoms with Crippen molar-refractivity contribution in [3.8, 4) is 0 Å². The van der Waals surface area contributed by atoms with E-state index >= 15 is 0 Å². The lowest BCUT2D eigenvalue weighted by molar-refractivity contribution is -0.382. The Morgan fingerprint density at radius 3 is 2.71 bits per heavy atom. The minimum Gasteiger partial charge on any atom is -0.369 e. The van der Waals surface area contributed by atoms with E-state index in [4.69, 9.17) is 4.63 Å². The zero-order valence-electron chi connectivity index (χ0n) is 16.2. The first kappa shape index (κ1) is 18.2. The summed E-state index contributed by atoms with van der Waals surface area (Å²) in [4.78, 5) is 13.6. The quantitative estimate of drug-likeness (QED) is 0.515. The van der Waals surface area contributed by atoms with Gasteiger partial charge in [0.05, 0.1) is 10.6 Å². The van der Waals surface area contributed by atoms with Gasteiger partial charge in [-0.05, 0) is 60.6 Å². The highest BCUT2D eigenvalue weighted by Gasteiger charge is 2.29. The smallest absolute Gasteiger partial charge is 0.324 e. The number of fused-ring (bicyclic) bond motifs is 1. The van der Waals surface area contributed by atoms with Gasteiger partial charge in [0.2, 0.25) is 5.52 Å². The molecule has 1 aromatic heterocycles. The topological polar surface area (TPSA) is 97.3 Å². The van der Waals surface area contributed by atoms with Gasteiger partial charge in [-0.3, -0.25) is 10.1 Å². The monoisotopic (exact) mass is 381 g/mol. The highest BCUT2D eigenvalue weighted by atomic mass is 16.6. The molecule has 8 nitrogen and oxygen atoms in total. The fourth-order valence-electron chi connectivity index (χ4n) is 3.94. The normalized spacial score (nSPS) is 17.1. The minimum atomic E-state index is -0.430. The first-order valence-electron chi connectivity index (χ1n) is 9.47. The van der Waals surface area contributed by atoms with Gasteiger partial charge in [0.15, 0.2) is 5.52 Å². The molecule has 2 aromatic carbocycles. The van der Waals surface area contributed by atoms with Crippen LogP contribution in [0, 0.1) is 29.9 Å². The van der Waals surface area contributed by atoms with Crippen LogP contribution in [0.25, 0.3) is 11.0 Å². The molecule has 0 amide bonds. The van der Waals surface area contributed by atoms with Crippen LogP contribution in [0.1, 0.15) is 30.9 Å². The largest absolute Gasteiger partial charge is 0.369 e. The van der Waals surface area contributed by atoms with Crippen LogP contribution >= 0.6 is 0 Å². The molecule has 1 atom stereocenters. The number of nitrogens with one attached hydrogen (secondary N) is 1. The van der Waals surface area contributed by atoms with E-state index in [1.54, 1.807) is 0 Å². The van der Waals surface area contributed by atoms with Crippen LogP contribution in [0.3, 0.4) is 0 Å². The highest BCUT2D eigenvalue weighted by Crippen LogP contribution is 2.41. The first-order chi connectivity index (χ1) is 13.4. The molecular weight excluding hydrogens is 358 g/mol. The summed E-state index contributed by atoms with van der Waals surface area (Å²) in [6.45, 7) is 7.97. The van der Waals surface area contributed by atoms with E-state index in [1.807, 2.05) is 38.1 Å². The van der Waals surface area contributed by atoms with Crippen LogP contribution in [0.5, 0.6) is 0 Å². The van der Waals surface area contributed by atoms with Crippen molar-refractivity contribution in [3.63, 3.8) is 0 Å². The fourth-order valence-corrected chi connectivity index (χ4v) is 3.94. The van der Waals surface area contributed by atoms with Crippen LogP contribution in [-0.2, 0) is 0 Å². The van der Waals surface area contributed by atoms with E-state index in [9.17, 15) is 10.1 Å². The molecule has 1 aliphatic heterocycles. The third-order valence-electron chi connectivity index (χ3n) is 5.32. The number of rotatable bonds is 4. The maximum Gasteiger partial charge on any atom is 0.324 e. The molecule has 146 valence electrons.